The van der Waals surface area contributed by atoms with E-state index in [1.54, 1.807) is 0 Å². The molecule has 1 amide bonds. The summed E-state index contributed by atoms with van der Waals surface area (Å²) >= 11 is 0. The van der Waals surface area contributed by atoms with Gasteiger partial charge < -0.3 is 14.7 Å². The molecule has 1 saturated heterocycles. The van der Waals surface area contributed by atoms with Crippen LogP contribution in [0.2, 0.25) is 0 Å². The van der Waals surface area contributed by atoms with Gasteiger partial charge in [-0.2, -0.15) is 0 Å². The van der Waals surface area contributed by atoms with Crippen LogP contribution in [0, 0.1) is 0 Å². The summed E-state index contributed by atoms with van der Waals surface area (Å²) in [5.74, 6) is -1.39. The zero-order valence-electron chi connectivity index (χ0n) is 28.4. The molecule has 1 heterocycles. The van der Waals surface area contributed by atoms with Crippen LogP contribution < -0.4 is 0 Å². The highest BCUT2D eigenvalue weighted by atomic mass is 16.5. The number of ether oxygens (including phenoxy) is 1. The Morgan fingerprint density at radius 2 is 0.907 bits per heavy atom. The van der Waals surface area contributed by atoms with Crippen molar-refractivity contribution in [2.75, 3.05) is 6.54 Å². The molecule has 0 aromatic heterocycles. The topological polar surface area (TPSA) is 83.9 Å². The van der Waals surface area contributed by atoms with Crippen molar-refractivity contribution in [3.63, 3.8) is 0 Å². The van der Waals surface area contributed by atoms with Crippen LogP contribution in [0.5, 0.6) is 0 Å². The molecule has 1 aliphatic heterocycles. The molecule has 1 N–H and O–H groups in total. The van der Waals surface area contributed by atoms with Crippen molar-refractivity contribution >= 4 is 17.8 Å². The Labute approximate surface area is 265 Å². The highest BCUT2D eigenvalue weighted by Crippen LogP contribution is 2.24. The van der Waals surface area contributed by atoms with Crippen molar-refractivity contribution < 1.29 is 24.2 Å². The van der Waals surface area contributed by atoms with E-state index < -0.39 is 18.1 Å². The zero-order chi connectivity index (χ0) is 31.4. The van der Waals surface area contributed by atoms with E-state index in [2.05, 4.69) is 13.8 Å². The van der Waals surface area contributed by atoms with Gasteiger partial charge in [-0.3, -0.25) is 9.59 Å². The monoisotopic (exact) mass is 608 g/mol. The van der Waals surface area contributed by atoms with E-state index in [4.69, 9.17) is 4.74 Å². The predicted octanol–water partition coefficient (Wildman–Crippen LogP) is 10.5. The van der Waals surface area contributed by atoms with Gasteiger partial charge in [0, 0.05) is 19.3 Å². The largest absolute Gasteiger partial charge is 0.480 e. The summed E-state index contributed by atoms with van der Waals surface area (Å²) < 4.78 is 5.61. The van der Waals surface area contributed by atoms with Crippen molar-refractivity contribution in [1.82, 2.24) is 4.90 Å². The molecule has 0 aromatic carbocycles. The molecule has 6 heteroatoms. The van der Waals surface area contributed by atoms with E-state index in [-0.39, 0.29) is 24.8 Å². The highest BCUT2D eigenvalue weighted by Gasteiger charge is 2.41. The third kappa shape index (κ3) is 21.7. The number of unbranched alkanes of at least 4 members (excludes halogenated alkanes) is 24. The summed E-state index contributed by atoms with van der Waals surface area (Å²) in [7, 11) is 0. The molecule has 0 aromatic rings. The summed E-state index contributed by atoms with van der Waals surface area (Å²) in [6.07, 6.45) is 33.0. The van der Waals surface area contributed by atoms with Crippen LogP contribution in [0.3, 0.4) is 0 Å². The standard InChI is InChI=1S/C37H69NO5/c1-3-5-7-9-11-13-15-17-19-21-23-25-27-29-35(39)38-32-33(31-34(38)37(41)42)43-36(40)30-28-26-24-22-20-18-16-14-12-10-8-6-4-2/h33-34H,3-32H2,1-2H3,(H,41,42). The van der Waals surface area contributed by atoms with Gasteiger partial charge in [0.2, 0.25) is 5.91 Å². The first-order valence-corrected chi connectivity index (χ1v) is 18.7. The van der Waals surface area contributed by atoms with Crippen molar-refractivity contribution in [3.8, 4) is 0 Å². The van der Waals surface area contributed by atoms with Gasteiger partial charge in [0.1, 0.15) is 12.1 Å². The number of nitrogens with zero attached hydrogens (tertiary/aromatic N) is 1. The van der Waals surface area contributed by atoms with Crippen LogP contribution >= 0.6 is 0 Å². The number of carboxylic acid groups (broad SMARTS) is 1. The number of likely N-dealkylation sites (tertiary alicyclic amines) is 1. The van der Waals surface area contributed by atoms with Crippen LogP contribution in [0.25, 0.3) is 0 Å². The second-order valence-electron chi connectivity index (χ2n) is 13.2. The predicted molar refractivity (Wildman–Crippen MR) is 178 cm³/mol. The molecule has 0 radical (unpaired) electrons. The fourth-order valence-corrected chi connectivity index (χ4v) is 6.36. The number of rotatable bonds is 30. The van der Waals surface area contributed by atoms with E-state index in [9.17, 15) is 19.5 Å². The highest BCUT2D eigenvalue weighted by molar-refractivity contribution is 5.84. The van der Waals surface area contributed by atoms with Crippen LogP contribution in [0.1, 0.15) is 200 Å². The van der Waals surface area contributed by atoms with Gasteiger partial charge >= 0.3 is 11.9 Å². The van der Waals surface area contributed by atoms with E-state index in [0.717, 1.165) is 38.5 Å². The Balaban J connectivity index is 2.08. The number of esters is 1. The molecule has 43 heavy (non-hydrogen) atoms. The Kier molecular flexibility index (Phi) is 25.6. The van der Waals surface area contributed by atoms with Crippen LogP contribution in [-0.4, -0.2) is 46.5 Å². The molecule has 1 aliphatic rings. The Hall–Kier alpha value is -1.59. The molecule has 2 unspecified atom stereocenters. The normalized spacial score (nSPS) is 16.6. The number of hydrogen-bond acceptors (Lipinski definition) is 4. The van der Waals surface area contributed by atoms with Gasteiger partial charge in [-0.1, -0.05) is 168 Å². The molecule has 0 saturated carbocycles. The lowest BCUT2D eigenvalue weighted by atomic mass is 10.0. The number of carbonyl (C=O) groups is 3. The molecular weight excluding hydrogens is 538 g/mol. The lowest BCUT2D eigenvalue weighted by Crippen LogP contribution is -2.40. The average molecular weight is 608 g/mol. The minimum atomic E-state index is -1.01. The lowest BCUT2D eigenvalue weighted by Gasteiger charge is -2.21. The van der Waals surface area contributed by atoms with Gasteiger partial charge in [0.05, 0.1) is 6.54 Å². The van der Waals surface area contributed by atoms with Crippen molar-refractivity contribution in [2.24, 2.45) is 0 Å². The van der Waals surface area contributed by atoms with E-state index in [1.165, 1.54) is 133 Å². The average Bonchev–Trinajstić information content (AvgIpc) is 3.42. The minimum absolute atomic E-state index is 0.120. The van der Waals surface area contributed by atoms with E-state index in [0.29, 0.717) is 12.8 Å². The fraction of sp³-hybridized carbons (Fsp3) is 0.919. The molecule has 1 rings (SSSR count). The summed E-state index contributed by atoms with van der Waals surface area (Å²) in [6.45, 7) is 4.72. The second kappa shape index (κ2) is 27.9. The van der Waals surface area contributed by atoms with Gasteiger partial charge in [-0.15, -0.1) is 0 Å². The zero-order valence-corrected chi connectivity index (χ0v) is 28.4. The van der Waals surface area contributed by atoms with Crippen molar-refractivity contribution in [2.45, 2.75) is 212 Å². The van der Waals surface area contributed by atoms with Crippen LogP contribution in [0.15, 0.2) is 0 Å². The molecule has 0 bridgehead atoms. The first-order chi connectivity index (χ1) is 21.0. The Morgan fingerprint density at radius 1 is 0.558 bits per heavy atom. The van der Waals surface area contributed by atoms with Gasteiger partial charge in [-0.25, -0.2) is 4.79 Å². The Bertz CT molecular complexity index is 696. The van der Waals surface area contributed by atoms with Crippen LogP contribution in [0.4, 0.5) is 0 Å². The maximum Gasteiger partial charge on any atom is 0.326 e. The van der Waals surface area contributed by atoms with Gasteiger partial charge in [0.15, 0.2) is 0 Å². The van der Waals surface area contributed by atoms with Gasteiger partial charge in [-0.05, 0) is 12.8 Å². The maximum absolute atomic E-state index is 12.8. The molecule has 2 atom stereocenters. The van der Waals surface area contributed by atoms with Crippen molar-refractivity contribution in [3.05, 3.63) is 0 Å². The van der Waals surface area contributed by atoms with Crippen LogP contribution in [-0.2, 0) is 19.1 Å². The van der Waals surface area contributed by atoms with Gasteiger partial charge in [0.25, 0.3) is 0 Å². The van der Waals surface area contributed by atoms with Crippen molar-refractivity contribution in [1.29, 1.82) is 0 Å². The third-order valence-corrected chi connectivity index (χ3v) is 9.14. The van der Waals surface area contributed by atoms with E-state index in [1.807, 2.05) is 0 Å². The third-order valence-electron chi connectivity index (χ3n) is 9.14. The first kappa shape index (κ1) is 39.4. The maximum atomic E-state index is 12.8. The molecule has 1 fully saturated rings. The fourth-order valence-electron chi connectivity index (χ4n) is 6.36. The number of hydrogen-bond donors (Lipinski definition) is 1. The molecule has 0 aliphatic carbocycles. The SMILES string of the molecule is CCCCCCCCCCCCCCCC(=O)OC1CC(C(=O)O)N(C(=O)CCCCCCCCCCCCCCC)C1. The summed E-state index contributed by atoms with van der Waals surface area (Å²) in [5.41, 5.74) is 0. The lowest BCUT2D eigenvalue weighted by molar-refractivity contribution is -0.149. The smallest absolute Gasteiger partial charge is 0.326 e. The molecule has 0 spiro atoms. The number of carbonyl (C=O) groups excluding carboxylic acids is 2. The number of aliphatic carboxylic acids is 1. The first-order valence-electron chi connectivity index (χ1n) is 18.7. The minimum Gasteiger partial charge on any atom is -0.480 e. The summed E-state index contributed by atoms with van der Waals surface area (Å²) in [5, 5.41) is 9.67. The summed E-state index contributed by atoms with van der Waals surface area (Å²) in [6, 6.07) is -0.886. The molecular formula is C37H69NO5. The summed E-state index contributed by atoms with van der Waals surface area (Å²) in [4.78, 5) is 38.5. The Morgan fingerprint density at radius 3 is 1.28 bits per heavy atom. The number of amides is 1. The number of carboxylic acids is 1. The quantitative estimate of drug-likeness (QED) is 0.0648. The second-order valence-corrected chi connectivity index (χ2v) is 13.2. The molecule has 252 valence electrons. The molecule has 6 nitrogen and oxygen atoms in total. The van der Waals surface area contributed by atoms with E-state index >= 15 is 0 Å².